The minimum Gasteiger partial charge on any atom is -0.508 e. The van der Waals surface area contributed by atoms with Crippen molar-refractivity contribution in [3.05, 3.63) is 29.3 Å². The molecule has 0 saturated heterocycles. The first-order valence-corrected chi connectivity index (χ1v) is 5.49. The second-order valence-corrected chi connectivity index (χ2v) is 3.95. The summed E-state index contributed by atoms with van der Waals surface area (Å²) in [5.74, 6) is 0.187. The Bertz CT molecular complexity index is 371. The highest BCUT2D eigenvalue weighted by atomic mass is 16.5. The Hall–Kier alpha value is -1.51. The molecule has 1 N–H and O–H groups in total. The number of carbonyl (C=O) groups is 1. The van der Waals surface area contributed by atoms with Gasteiger partial charge in [-0.2, -0.15) is 0 Å². The van der Waals surface area contributed by atoms with Crippen molar-refractivity contribution in [2.24, 2.45) is 0 Å². The molecule has 1 atom stereocenters. The summed E-state index contributed by atoms with van der Waals surface area (Å²) in [7, 11) is 0. The minimum atomic E-state index is -0.178. The van der Waals surface area contributed by atoms with Crippen LogP contribution in [-0.2, 0) is 9.53 Å². The number of phenolic OH excluding ortho intramolecular Hbond substituents is 1. The quantitative estimate of drug-likeness (QED) is 0.797. The van der Waals surface area contributed by atoms with E-state index in [9.17, 15) is 9.90 Å². The molecule has 0 radical (unpaired) electrons. The molecule has 0 bridgehead atoms. The lowest BCUT2D eigenvalue weighted by Gasteiger charge is -2.14. The first-order chi connectivity index (χ1) is 7.54. The van der Waals surface area contributed by atoms with Crippen molar-refractivity contribution in [3.63, 3.8) is 0 Å². The highest BCUT2D eigenvalue weighted by Crippen LogP contribution is 2.25. The Labute approximate surface area is 96.1 Å². The molecular weight excluding hydrogens is 204 g/mol. The van der Waals surface area contributed by atoms with E-state index >= 15 is 0 Å². The molecular formula is C13H18O3. The van der Waals surface area contributed by atoms with Crippen LogP contribution in [0.15, 0.2) is 18.2 Å². The van der Waals surface area contributed by atoms with E-state index in [-0.39, 0.29) is 17.6 Å². The number of hydrogen-bond acceptors (Lipinski definition) is 3. The maximum absolute atomic E-state index is 11.3. The molecule has 0 spiro atoms. The van der Waals surface area contributed by atoms with Crippen LogP contribution in [0.3, 0.4) is 0 Å². The molecule has 1 rings (SSSR count). The number of aromatic hydroxyl groups is 1. The van der Waals surface area contributed by atoms with Crippen molar-refractivity contribution in [3.8, 4) is 5.75 Å². The molecule has 0 amide bonds. The second-order valence-electron chi connectivity index (χ2n) is 3.95. The first-order valence-electron chi connectivity index (χ1n) is 5.49. The lowest BCUT2D eigenvalue weighted by molar-refractivity contribution is -0.143. The summed E-state index contributed by atoms with van der Waals surface area (Å²) in [5.41, 5.74) is 2.07. The molecule has 3 nitrogen and oxygen atoms in total. The molecule has 0 heterocycles. The van der Waals surface area contributed by atoms with Crippen LogP contribution >= 0.6 is 0 Å². The maximum atomic E-state index is 11.3. The molecule has 0 saturated carbocycles. The van der Waals surface area contributed by atoms with Crippen LogP contribution in [0.25, 0.3) is 0 Å². The molecule has 3 heteroatoms. The number of aryl methyl sites for hydroxylation is 1. The molecule has 0 aliphatic heterocycles. The summed E-state index contributed by atoms with van der Waals surface area (Å²) >= 11 is 0. The van der Waals surface area contributed by atoms with Crippen molar-refractivity contribution in [1.29, 1.82) is 0 Å². The number of hydrogen-bond donors (Lipinski definition) is 1. The fraction of sp³-hybridized carbons (Fsp3) is 0.462. The van der Waals surface area contributed by atoms with Crippen molar-refractivity contribution in [1.82, 2.24) is 0 Å². The van der Waals surface area contributed by atoms with Gasteiger partial charge >= 0.3 is 5.97 Å². The van der Waals surface area contributed by atoms with Gasteiger partial charge in [-0.3, -0.25) is 4.79 Å². The summed E-state index contributed by atoms with van der Waals surface area (Å²) < 4.78 is 4.91. The first kappa shape index (κ1) is 12.6. The number of carbonyl (C=O) groups excluding carboxylic acids is 1. The zero-order valence-corrected chi connectivity index (χ0v) is 9.99. The van der Waals surface area contributed by atoms with Gasteiger partial charge < -0.3 is 9.84 Å². The highest BCUT2D eigenvalue weighted by Gasteiger charge is 2.14. The van der Waals surface area contributed by atoms with E-state index in [0.29, 0.717) is 13.0 Å². The van der Waals surface area contributed by atoms with E-state index in [1.54, 1.807) is 19.1 Å². The molecule has 0 unspecified atom stereocenters. The molecule has 0 aliphatic rings. The van der Waals surface area contributed by atoms with E-state index in [0.717, 1.165) is 11.1 Å². The van der Waals surface area contributed by atoms with Crippen LogP contribution in [-0.4, -0.2) is 17.7 Å². The molecule has 0 fully saturated rings. The van der Waals surface area contributed by atoms with E-state index < -0.39 is 0 Å². The van der Waals surface area contributed by atoms with Crippen LogP contribution < -0.4 is 0 Å². The van der Waals surface area contributed by atoms with Crippen LogP contribution in [0.2, 0.25) is 0 Å². The third-order valence-electron chi connectivity index (χ3n) is 2.56. The van der Waals surface area contributed by atoms with Gasteiger partial charge in [0.25, 0.3) is 0 Å². The second kappa shape index (κ2) is 5.54. The molecule has 1 aromatic rings. The molecule has 16 heavy (non-hydrogen) atoms. The van der Waals surface area contributed by atoms with Crippen LogP contribution in [0, 0.1) is 6.92 Å². The van der Waals surface area contributed by atoms with Gasteiger partial charge in [0, 0.05) is 0 Å². The van der Waals surface area contributed by atoms with Gasteiger partial charge in [-0.25, -0.2) is 0 Å². The lowest BCUT2D eigenvalue weighted by atomic mass is 9.94. The molecule has 88 valence electrons. The van der Waals surface area contributed by atoms with Crippen molar-refractivity contribution >= 4 is 5.97 Å². The number of ether oxygens (including phenoxy) is 1. The van der Waals surface area contributed by atoms with E-state index in [1.807, 2.05) is 19.9 Å². The van der Waals surface area contributed by atoms with Gasteiger partial charge in [0.2, 0.25) is 0 Å². The van der Waals surface area contributed by atoms with Gasteiger partial charge in [0.15, 0.2) is 0 Å². The van der Waals surface area contributed by atoms with Crippen LogP contribution in [0.4, 0.5) is 0 Å². The Kier molecular flexibility index (Phi) is 4.35. The third kappa shape index (κ3) is 3.26. The smallest absolute Gasteiger partial charge is 0.306 e. The predicted molar refractivity (Wildman–Crippen MR) is 62.5 cm³/mol. The average Bonchev–Trinajstić information content (AvgIpc) is 2.17. The zero-order valence-electron chi connectivity index (χ0n) is 9.99. The highest BCUT2D eigenvalue weighted by molar-refractivity contribution is 5.70. The summed E-state index contributed by atoms with van der Waals surface area (Å²) in [6.45, 7) is 6.13. The van der Waals surface area contributed by atoms with Gasteiger partial charge in [0.1, 0.15) is 5.75 Å². The zero-order chi connectivity index (χ0) is 12.1. The monoisotopic (exact) mass is 222 g/mol. The number of rotatable bonds is 4. The summed E-state index contributed by atoms with van der Waals surface area (Å²) in [4.78, 5) is 11.3. The maximum Gasteiger partial charge on any atom is 0.306 e. The SMILES string of the molecule is CCOC(=O)C[C@H](C)c1ccc(O)cc1C. The average molecular weight is 222 g/mol. The van der Waals surface area contributed by atoms with Crippen molar-refractivity contribution in [2.45, 2.75) is 33.1 Å². The minimum absolute atomic E-state index is 0.111. The van der Waals surface area contributed by atoms with E-state index in [4.69, 9.17) is 4.74 Å². The van der Waals surface area contributed by atoms with Crippen LogP contribution in [0.5, 0.6) is 5.75 Å². The van der Waals surface area contributed by atoms with Crippen LogP contribution in [0.1, 0.15) is 37.3 Å². The van der Waals surface area contributed by atoms with Gasteiger partial charge in [-0.15, -0.1) is 0 Å². The van der Waals surface area contributed by atoms with Gasteiger partial charge in [-0.05, 0) is 43.0 Å². The summed E-state index contributed by atoms with van der Waals surface area (Å²) in [6.07, 6.45) is 0.374. The third-order valence-corrected chi connectivity index (χ3v) is 2.56. The number of esters is 1. The Morgan fingerprint density at radius 2 is 2.19 bits per heavy atom. The Morgan fingerprint density at radius 1 is 1.50 bits per heavy atom. The van der Waals surface area contributed by atoms with E-state index in [2.05, 4.69) is 0 Å². The topological polar surface area (TPSA) is 46.5 Å². The molecule has 1 aromatic carbocycles. The van der Waals surface area contributed by atoms with Crippen molar-refractivity contribution in [2.75, 3.05) is 6.61 Å². The lowest BCUT2D eigenvalue weighted by Crippen LogP contribution is -2.09. The number of benzene rings is 1. The van der Waals surface area contributed by atoms with Crippen molar-refractivity contribution < 1.29 is 14.6 Å². The fourth-order valence-electron chi connectivity index (χ4n) is 1.79. The Balaban J connectivity index is 2.72. The summed E-state index contributed by atoms with van der Waals surface area (Å²) in [5, 5.41) is 9.29. The number of phenols is 1. The van der Waals surface area contributed by atoms with Gasteiger partial charge in [0.05, 0.1) is 13.0 Å². The standard InChI is InChI=1S/C13H18O3/c1-4-16-13(15)8-10(3)12-6-5-11(14)7-9(12)2/h5-7,10,14H,4,8H2,1-3H3/t10-/m0/s1. The summed E-state index contributed by atoms with van der Waals surface area (Å²) in [6, 6.07) is 5.20. The largest absolute Gasteiger partial charge is 0.508 e. The Morgan fingerprint density at radius 3 is 2.75 bits per heavy atom. The van der Waals surface area contributed by atoms with Gasteiger partial charge in [-0.1, -0.05) is 13.0 Å². The predicted octanol–water partition coefficient (Wildman–Crippen LogP) is 2.76. The fourth-order valence-corrected chi connectivity index (χ4v) is 1.79. The molecule has 0 aliphatic carbocycles. The van der Waals surface area contributed by atoms with E-state index in [1.165, 1.54) is 0 Å². The normalized spacial score (nSPS) is 12.2. The molecule has 0 aromatic heterocycles.